The molecule has 32 heavy (non-hydrogen) atoms. The van der Waals surface area contributed by atoms with Gasteiger partial charge in [-0.25, -0.2) is 9.40 Å². The highest BCUT2D eigenvalue weighted by Gasteiger charge is 2.35. The fourth-order valence-electron chi connectivity index (χ4n) is 4.04. The molecule has 164 valence electrons. The first-order valence-corrected chi connectivity index (χ1v) is 10.6. The van der Waals surface area contributed by atoms with Gasteiger partial charge in [0.05, 0.1) is 25.4 Å². The van der Waals surface area contributed by atoms with E-state index in [1.165, 1.54) is 11.1 Å². The number of halogens is 1. The molecular weight excluding hydrogens is 405 g/mol. The molecule has 0 N–H and O–H groups in total. The Morgan fingerprint density at radius 3 is 2.50 bits per heavy atom. The van der Waals surface area contributed by atoms with Crippen molar-refractivity contribution in [1.29, 1.82) is 0 Å². The minimum atomic E-state index is -0.363. The number of ether oxygens (including phenoxy) is 1. The van der Waals surface area contributed by atoms with Crippen LogP contribution in [-0.2, 0) is 11.3 Å². The summed E-state index contributed by atoms with van der Waals surface area (Å²) in [6.07, 6.45) is 0.412. The van der Waals surface area contributed by atoms with Crippen LogP contribution in [0.5, 0.6) is 5.75 Å². The molecule has 4 rings (SSSR count). The molecule has 3 aromatic carbocycles. The summed E-state index contributed by atoms with van der Waals surface area (Å²) in [7, 11) is 3.51. The van der Waals surface area contributed by atoms with E-state index in [0.717, 1.165) is 11.1 Å². The summed E-state index contributed by atoms with van der Waals surface area (Å²) >= 11 is 0. The van der Waals surface area contributed by atoms with Gasteiger partial charge in [0.25, 0.3) is 5.91 Å². The molecule has 0 aliphatic carbocycles. The smallest absolute Gasteiger partial charge is 0.257 e. The molecule has 0 bridgehead atoms. The molecule has 0 fully saturated rings. The van der Waals surface area contributed by atoms with Crippen molar-refractivity contribution < 1.29 is 13.9 Å². The molecule has 1 aliphatic rings. The van der Waals surface area contributed by atoms with Gasteiger partial charge in [-0.15, -0.1) is 0 Å². The lowest BCUT2D eigenvalue weighted by molar-refractivity contribution is -0.134. The number of hydrazone groups is 1. The minimum absolute atomic E-state index is 0.148. The van der Waals surface area contributed by atoms with Crippen LogP contribution in [0.1, 0.15) is 29.2 Å². The highest BCUT2D eigenvalue weighted by molar-refractivity contribution is 6.03. The molecule has 0 aromatic heterocycles. The predicted molar refractivity (Wildman–Crippen MR) is 123 cm³/mol. The number of carbonyl (C=O) groups is 1. The Hall–Kier alpha value is -3.51. The van der Waals surface area contributed by atoms with Crippen LogP contribution in [0.3, 0.4) is 0 Å². The monoisotopic (exact) mass is 431 g/mol. The minimum Gasteiger partial charge on any atom is -0.496 e. The predicted octanol–water partition coefficient (Wildman–Crippen LogP) is 4.64. The zero-order chi connectivity index (χ0) is 22.5. The van der Waals surface area contributed by atoms with Crippen LogP contribution in [0.4, 0.5) is 4.39 Å². The Balaban J connectivity index is 1.61. The Morgan fingerprint density at radius 2 is 1.75 bits per heavy atom. The van der Waals surface area contributed by atoms with E-state index < -0.39 is 0 Å². The van der Waals surface area contributed by atoms with E-state index in [1.807, 2.05) is 66.5 Å². The van der Waals surface area contributed by atoms with Crippen molar-refractivity contribution in [2.24, 2.45) is 5.10 Å². The van der Waals surface area contributed by atoms with Gasteiger partial charge in [-0.3, -0.25) is 9.69 Å². The topological polar surface area (TPSA) is 45.1 Å². The number of para-hydroxylation sites is 1. The molecule has 3 aromatic rings. The van der Waals surface area contributed by atoms with Gasteiger partial charge in [0.1, 0.15) is 11.6 Å². The maximum atomic E-state index is 14.5. The van der Waals surface area contributed by atoms with Crippen LogP contribution in [0.15, 0.2) is 84.0 Å². The second kappa shape index (κ2) is 9.75. The number of rotatable bonds is 7. The zero-order valence-corrected chi connectivity index (χ0v) is 18.2. The number of amides is 1. The van der Waals surface area contributed by atoms with Crippen LogP contribution < -0.4 is 4.74 Å². The van der Waals surface area contributed by atoms with Gasteiger partial charge >= 0.3 is 0 Å². The van der Waals surface area contributed by atoms with Crippen molar-refractivity contribution in [2.75, 3.05) is 20.7 Å². The van der Waals surface area contributed by atoms with E-state index in [4.69, 9.17) is 4.74 Å². The van der Waals surface area contributed by atoms with Crippen molar-refractivity contribution in [3.8, 4) is 5.75 Å². The maximum absolute atomic E-state index is 14.5. The van der Waals surface area contributed by atoms with Gasteiger partial charge in [0.2, 0.25) is 0 Å². The molecule has 1 heterocycles. The van der Waals surface area contributed by atoms with E-state index in [0.29, 0.717) is 30.0 Å². The molecule has 0 radical (unpaired) electrons. The molecule has 5 nitrogen and oxygen atoms in total. The Morgan fingerprint density at radius 1 is 1.06 bits per heavy atom. The Kier molecular flexibility index (Phi) is 6.61. The average molecular weight is 432 g/mol. The van der Waals surface area contributed by atoms with Gasteiger partial charge < -0.3 is 4.74 Å². The van der Waals surface area contributed by atoms with Crippen LogP contribution in [-0.4, -0.2) is 42.2 Å². The fourth-order valence-corrected chi connectivity index (χ4v) is 4.04. The first kappa shape index (κ1) is 21.7. The third-order valence-electron chi connectivity index (χ3n) is 5.55. The average Bonchev–Trinajstić information content (AvgIpc) is 3.25. The summed E-state index contributed by atoms with van der Waals surface area (Å²) in [6.45, 7) is 0.832. The second-order valence-electron chi connectivity index (χ2n) is 7.88. The quantitative estimate of drug-likeness (QED) is 0.547. The summed E-state index contributed by atoms with van der Waals surface area (Å²) in [5.74, 6) is 0.184. The lowest BCUT2D eigenvalue weighted by Crippen LogP contribution is -2.36. The number of methoxy groups -OCH3 is 1. The summed E-state index contributed by atoms with van der Waals surface area (Å²) in [5, 5.41) is 6.08. The number of hydrogen-bond acceptors (Lipinski definition) is 4. The SMILES string of the molecule is COc1ccccc1C1CC(c2ccccc2F)=NN1C(=O)CN(C)Cc1ccccc1. The molecule has 1 unspecified atom stereocenters. The Bertz CT molecular complexity index is 1120. The largest absolute Gasteiger partial charge is 0.496 e. The lowest BCUT2D eigenvalue weighted by Gasteiger charge is -2.25. The van der Waals surface area contributed by atoms with Gasteiger partial charge in [0, 0.05) is 24.1 Å². The summed E-state index contributed by atoms with van der Waals surface area (Å²) in [6, 6.07) is 23.7. The molecular formula is C26H26FN3O2. The first-order chi connectivity index (χ1) is 15.6. The maximum Gasteiger partial charge on any atom is 0.257 e. The fraction of sp³-hybridized carbons (Fsp3) is 0.231. The van der Waals surface area contributed by atoms with Crippen molar-refractivity contribution in [1.82, 2.24) is 9.91 Å². The lowest BCUT2D eigenvalue weighted by atomic mass is 9.97. The zero-order valence-electron chi connectivity index (χ0n) is 18.2. The van der Waals surface area contributed by atoms with Crippen molar-refractivity contribution >= 4 is 11.6 Å². The molecule has 1 amide bonds. The van der Waals surface area contributed by atoms with Gasteiger partial charge in [-0.1, -0.05) is 66.7 Å². The molecule has 0 saturated carbocycles. The second-order valence-corrected chi connectivity index (χ2v) is 7.88. The molecule has 1 aliphatic heterocycles. The normalized spacial score (nSPS) is 15.7. The van der Waals surface area contributed by atoms with E-state index in [9.17, 15) is 9.18 Å². The number of nitrogens with zero attached hydrogens (tertiary/aromatic N) is 3. The van der Waals surface area contributed by atoms with Crippen LogP contribution in [0.2, 0.25) is 0 Å². The third-order valence-corrected chi connectivity index (χ3v) is 5.55. The summed E-state index contributed by atoms with van der Waals surface area (Å²) in [4.78, 5) is 15.3. The van der Waals surface area contributed by atoms with Gasteiger partial charge in [0.15, 0.2) is 0 Å². The highest BCUT2D eigenvalue weighted by atomic mass is 19.1. The molecule has 0 spiro atoms. The molecule has 6 heteroatoms. The third kappa shape index (κ3) is 4.70. The van der Waals surface area contributed by atoms with E-state index in [-0.39, 0.29) is 24.3 Å². The number of likely N-dealkylation sites (N-methyl/N-ethyl adjacent to an activating group) is 1. The van der Waals surface area contributed by atoms with E-state index in [2.05, 4.69) is 5.10 Å². The van der Waals surface area contributed by atoms with Crippen LogP contribution >= 0.6 is 0 Å². The standard InChI is InChI=1S/C26H26FN3O2/c1-29(17-19-10-4-3-5-11-19)18-26(31)30-24(21-13-7-9-15-25(21)32-2)16-23(28-30)20-12-6-8-14-22(20)27/h3-15,24H,16-18H2,1-2H3. The molecule has 1 atom stereocenters. The summed E-state index contributed by atoms with van der Waals surface area (Å²) in [5.41, 5.74) is 2.95. The van der Waals surface area contributed by atoms with Crippen molar-refractivity contribution in [3.63, 3.8) is 0 Å². The first-order valence-electron chi connectivity index (χ1n) is 10.6. The van der Waals surface area contributed by atoms with Crippen LogP contribution in [0.25, 0.3) is 0 Å². The number of carbonyl (C=O) groups excluding carboxylic acids is 1. The number of hydrogen-bond donors (Lipinski definition) is 0. The Labute approximate surface area is 187 Å². The van der Waals surface area contributed by atoms with Crippen LogP contribution in [0, 0.1) is 5.82 Å². The van der Waals surface area contributed by atoms with Gasteiger partial charge in [-0.05, 0) is 24.7 Å². The highest BCUT2D eigenvalue weighted by Crippen LogP contribution is 2.37. The number of benzene rings is 3. The van der Waals surface area contributed by atoms with E-state index in [1.54, 1.807) is 25.3 Å². The summed E-state index contributed by atoms with van der Waals surface area (Å²) < 4.78 is 20.0. The van der Waals surface area contributed by atoms with Crippen molar-refractivity contribution in [2.45, 2.75) is 19.0 Å². The molecule has 0 saturated heterocycles. The van der Waals surface area contributed by atoms with E-state index >= 15 is 0 Å². The van der Waals surface area contributed by atoms with Gasteiger partial charge in [-0.2, -0.15) is 5.10 Å². The van der Waals surface area contributed by atoms with Crippen molar-refractivity contribution in [3.05, 3.63) is 101 Å².